The van der Waals surface area contributed by atoms with Crippen molar-refractivity contribution in [3.63, 3.8) is 0 Å². The molecule has 1 aromatic rings. The molecule has 0 amide bonds. The first kappa shape index (κ1) is 15.3. The molecule has 2 N–H and O–H groups in total. The van der Waals surface area contributed by atoms with Gasteiger partial charge in [0, 0.05) is 24.8 Å². The first-order valence-corrected chi connectivity index (χ1v) is 6.32. The van der Waals surface area contributed by atoms with Crippen LogP contribution in [0.15, 0.2) is 24.3 Å². The molecule has 1 aromatic carbocycles. The highest BCUT2D eigenvalue weighted by atomic mass is 35.5. The number of benzene rings is 1. The molecule has 1 fully saturated rings. The van der Waals surface area contributed by atoms with E-state index in [2.05, 4.69) is 43.0 Å². The Hall–Kier alpha value is -0.770. The Labute approximate surface area is 116 Å². The Balaban J connectivity index is 0.00000162. The standard InChI is InChI=1S/C14H22N2O.ClH/c1-10-8-16(9-11(2)17-10)14-6-4-5-13(7-14)12(3)15;/h4-7,10-12H,8-9,15H2,1-3H3;1H/t10-,11+,12-;/m0./s1. The summed E-state index contributed by atoms with van der Waals surface area (Å²) in [7, 11) is 0. The highest BCUT2D eigenvalue weighted by Gasteiger charge is 2.22. The maximum absolute atomic E-state index is 5.92. The van der Waals surface area contributed by atoms with E-state index in [1.807, 2.05) is 6.92 Å². The van der Waals surface area contributed by atoms with Gasteiger partial charge < -0.3 is 15.4 Å². The van der Waals surface area contributed by atoms with Gasteiger partial charge in [0.1, 0.15) is 0 Å². The fraction of sp³-hybridized carbons (Fsp3) is 0.571. The minimum absolute atomic E-state index is 0. The van der Waals surface area contributed by atoms with Crippen molar-refractivity contribution in [2.24, 2.45) is 5.73 Å². The molecule has 0 saturated carbocycles. The summed E-state index contributed by atoms with van der Waals surface area (Å²) in [4.78, 5) is 2.38. The van der Waals surface area contributed by atoms with Gasteiger partial charge in [-0.3, -0.25) is 0 Å². The topological polar surface area (TPSA) is 38.5 Å². The highest BCUT2D eigenvalue weighted by molar-refractivity contribution is 5.85. The lowest BCUT2D eigenvalue weighted by molar-refractivity contribution is -0.00522. The molecule has 0 aliphatic carbocycles. The van der Waals surface area contributed by atoms with Crippen LogP contribution in [0, 0.1) is 0 Å². The fourth-order valence-corrected chi connectivity index (χ4v) is 2.39. The number of nitrogens with two attached hydrogens (primary N) is 1. The maximum Gasteiger partial charge on any atom is 0.0726 e. The van der Waals surface area contributed by atoms with Crippen molar-refractivity contribution in [2.45, 2.75) is 39.0 Å². The number of hydrogen-bond acceptors (Lipinski definition) is 3. The highest BCUT2D eigenvalue weighted by Crippen LogP contribution is 2.23. The van der Waals surface area contributed by atoms with E-state index in [9.17, 15) is 0 Å². The average molecular weight is 271 g/mol. The number of anilines is 1. The summed E-state index contributed by atoms with van der Waals surface area (Å²) in [5, 5.41) is 0. The predicted molar refractivity (Wildman–Crippen MR) is 78.5 cm³/mol. The average Bonchev–Trinajstić information content (AvgIpc) is 2.28. The molecule has 1 aliphatic rings. The van der Waals surface area contributed by atoms with Crippen molar-refractivity contribution in [3.05, 3.63) is 29.8 Å². The summed E-state index contributed by atoms with van der Waals surface area (Å²) >= 11 is 0. The Morgan fingerprint density at radius 2 is 1.89 bits per heavy atom. The monoisotopic (exact) mass is 270 g/mol. The number of nitrogens with zero attached hydrogens (tertiary/aromatic N) is 1. The number of halogens is 1. The predicted octanol–water partition coefficient (Wildman–Crippen LogP) is 2.74. The first-order valence-electron chi connectivity index (χ1n) is 6.32. The van der Waals surface area contributed by atoms with Crippen molar-refractivity contribution in [3.8, 4) is 0 Å². The van der Waals surface area contributed by atoms with Gasteiger partial charge in [-0.1, -0.05) is 12.1 Å². The van der Waals surface area contributed by atoms with E-state index in [0.717, 1.165) is 13.1 Å². The van der Waals surface area contributed by atoms with Crippen molar-refractivity contribution in [2.75, 3.05) is 18.0 Å². The van der Waals surface area contributed by atoms with Gasteiger partial charge in [-0.2, -0.15) is 0 Å². The van der Waals surface area contributed by atoms with Gasteiger partial charge in [0.2, 0.25) is 0 Å². The molecule has 1 heterocycles. The normalized spacial score (nSPS) is 25.4. The second-order valence-corrected chi connectivity index (χ2v) is 5.05. The van der Waals surface area contributed by atoms with Gasteiger partial charge in [0.25, 0.3) is 0 Å². The van der Waals surface area contributed by atoms with E-state index >= 15 is 0 Å². The Kier molecular flexibility index (Phi) is 5.45. The van der Waals surface area contributed by atoms with E-state index < -0.39 is 0 Å². The van der Waals surface area contributed by atoms with Crippen molar-refractivity contribution in [1.82, 2.24) is 0 Å². The van der Waals surface area contributed by atoms with Crippen LogP contribution in [0.5, 0.6) is 0 Å². The number of morpholine rings is 1. The minimum Gasteiger partial charge on any atom is -0.372 e. The molecule has 0 aromatic heterocycles. The Morgan fingerprint density at radius 3 is 2.44 bits per heavy atom. The van der Waals surface area contributed by atoms with Gasteiger partial charge in [-0.05, 0) is 38.5 Å². The molecule has 102 valence electrons. The van der Waals surface area contributed by atoms with Gasteiger partial charge in [0.05, 0.1) is 12.2 Å². The molecular formula is C14H23ClN2O. The van der Waals surface area contributed by atoms with Crippen molar-refractivity contribution >= 4 is 18.1 Å². The summed E-state index contributed by atoms with van der Waals surface area (Å²) in [6.45, 7) is 8.17. The van der Waals surface area contributed by atoms with Crippen LogP contribution in [0.3, 0.4) is 0 Å². The zero-order valence-corrected chi connectivity index (χ0v) is 12.1. The number of ether oxygens (including phenoxy) is 1. The molecule has 4 heteroatoms. The van der Waals surface area contributed by atoms with Crippen molar-refractivity contribution < 1.29 is 4.74 Å². The lowest BCUT2D eigenvalue weighted by Crippen LogP contribution is -2.45. The molecule has 0 bridgehead atoms. The fourth-order valence-electron chi connectivity index (χ4n) is 2.39. The SMILES string of the molecule is C[C@@H]1CN(c2cccc([C@H](C)N)c2)C[C@H](C)O1.Cl. The number of rotatable bonds is 2. The lowest BCUT2D eigenvalue weighted by atomic mass is 10.1. The molecule has 2 rings (SSSR count). The molecule has 0 unspecified atom stereocenters. The lowest BCUT2D eigenvalue weighted by Gasteiger charge is -2.37. The summed E-state index contributed by atoms with van der Waals surface area (Å²) in [6.07, 6.45) is 0.579. The van der Waals surface area contributed by atoms with E-state index in [1.54, 1.807) is 0 Å². The summed E-state index contributed by atoms with van der Waals surface area (Å²) in [5.41, 5.74) is 8.36. The zero-order valence-electron chi connectivity index (χ0n) is 11.3. The third-order valence-electron chi connectivity index (χ3n) is 3.18. The van der Waals surface area contributed by atoms with E-state index in [4.69, 9.17) is 10.5 Å². The molecule has 3 nitrogen and oxygen atoms in total. The summed E-state index contributed by atoms with van der Waals surface area (Å²) < 4.78 is 5.75. The minimum atomic E-state index is 0. The van der Waals surface area contributed by atoms with Crippen LogP contribution < -0.4 is 10.6 Å². The maximum atomic E-state index is 5.92. The molecule has 3 atom stereocenters. The smallest absolute Gasteiger partial charge is 0.0726 e. The third-order valence-corrected chi connectivity index (χ3v) is 3.18. The first-order chi connectivity index (χ1) is 8.06. The second kappa shape index (κ2) is 6.41. The molecule has 0 radical (unpaired) electrons. The Morgan fingerprint density at radius 1 is 1.28 bits per heavy atom. The van der Waals surface area contributed by atoms with Crippen LogP contribution in [-0.2, 0) is 4.74 Å². The van der Waals surface area contributed by atoms with Gasteiger partial charge in [-0.25, -0.2) is 0 Å². The summed E-state index contributed by atoms with van der Waals surface area (Å²) in [6, 6.07) is 8.60. The quantitative estimate of drug-likeness (QED) is 0.898. The largest absolute Gasteiger partial charge is 0.372 e. The van der Waals surface area contributed by atoms with E-state index in [0.29, 0.717) is 0 Å². The molecule has 0 spiro atoms. The van der Waals surface area contributed by atoms with Crippen LogP contribution in [0.4, 0.5) is 5.69 Å². The zero-order chi connectivity index (χ0) is 12.4. The Bertz CT molecular complexity index is 374. The van der Waals surface area contributed by atoms with Gasteiger partial charge in [0.15, 0.2) is 0 Å². The van der Waals surface area contributed by atoms with Crippen LogP contribution in [0.1, 0.15) is 32.4 Å². The van der Waals surface area contributed by atoms with E-state index in [1.165, 1.54) is 11.3 Å². The molecule has 1 saturated heterocycles. The van der Waals surface area contributed by atoms with Gasteiger partial charge >= 0.3 is 0 Å². The molecule has 18 heavy (non-hydrogen) atoms. The van der Waals surface area contributed by atoms with Crippen LogP contribution >= 0.6 is 12.4 Å². The van der Waals surface area contributed by atoms with Crippen LogP contribution in [-0.4, -0.2) is 25.3 Å². The van der Waals surface area contributed by atoms with Crippen molar-refractivity contribution in [1.29, 1.82) is 0 Å². The second-order valence-electron chi connectivity index (χ2n) is 5.05. The number of hydrogen-bond donors (Lipinski definition) is 1. The molecular weight excluding hydrogens is 248 g/mol. The van der Waals surface area contributed by atoms with Gasteiger partial charge in [-0.15, -0.1) is 12.4 Å². The van der Waals surface area contributed by atoms with Crippen LogP contribution in [0.25, 0.3) is 0 Å². The van der Waals surface area contributed by atoms with E-state index in [-0.39, 0.29) is 30.7 Å². The van der Waals surface area contributed by atoms with Crippen LogP contribution in [0.2, 0.25) is 0 Å². The summed E-state index contributed by atoms with van der Waals surface area (Å²) in [5.74, 6) is 0. The third kappa shape index (κ3) is 3.61. The molecule has 1 aliphatic heterocycles.